The number of carbonyl (C=O) groups excluding carboxylic acids is 2. The van der Waals surface area contributed by atoms with Crippen molar-refractivity contribution in [1.29, 1.82) is 0 Å². The Bertz CT molecular complexity index is 724. The average Bonchev–Trinajstić information content (AvgIpc) is 3.03. The van der Waals surface area contributed by atoms with Gasteiger partial charge in [0.1, 0.15) is 6.04 Å². The molecule has 2 aliphatic heterocycles. The molecule has 29 heavy (non-hydrogen) atoms. The predicted octanol–water partition coefficient (Wildman–Crippen LogP) is 2.60. The number of ether oxygens (including phenoxy) is 1. The third-order valence-corrected chi connectivity index (χ3v) is 6.65. The van der Waals surface area contributed by atoms with Crippen LogP contribution < -0.4 is 5.32 Å². The van der Waals surface area contributed by atoms with E-state index in [0.29, 0.717) is 12.1 Å². The maximum atomic E-state index is 13.2. The van der Waals surface area contributed by atoms with Crippen molar-refractivity contribution >= 4 is 11.8 Å². The fourth-order valence-electron chi connectivity index (χ4n) is 4.86. The number of nitrogens with one attached hydrogen (secondary N) is 1. The summed E-state index contributed by atoms with van der Waals surface area (Å²) in [5, 5.41) is 3.25. The lowest BCUT2D eigenvalue weighted by Crippen LogP contribution is -2.45. The van der Waals surface area contributed by atoms with E-state index in [9.17, 15) is 9.59 Å². The van der Waals surface area contributed by atoms with Gasteiger partial charge in [0.2, 0.25) is 5.91 Å². The highest BCUT2D eigenvalue weighted by molar-refractivity contribution is 6.04. The van der Waals surface area contributed by atoms with Gasteiger partial charge in [-0.2, -0.15) is 0 Å². The number of nitrogens with zero attached hydrogens (tertiary/aromatic N) is 2. The molecule has 1 atom stereocenters. The summed E-state index contributed by atoms with van der Waals surface area (Å²) < 4.78 is 5.41. The first-order valence-electron chi connectivity index (χ1n) is 11.1. The van der Waals surface area contributed by atoms with E-state index in [1.165, 1.54) is 0 Å². The van der Waals surface area contributed by atoms with E-state index >= 15 is 0 Å². The van der Waals surface area contributed by atoms with Crippen molar-refractivity contribution in [2.45, 2.75) is 51.1 Å². The molecule has 0 spiro atoms. The van der Waals surface area contributed by atoms with Crippen LogP contribution >= 0.6 is 0 Å². The van der Waals surface area contributed by atoms with Crippen molar-refractivity contribution in [3.8, 4) is 0 Å². The fourth-order valence-corrected chi connectivity index (χ4v) is 4.86. The van der Waals surface area contributed by atoms with Crippen molar-refractivity contribution in [2.24, 2.45) is 5.92 Å². The summed E-state index contributed by atoms with van der Waals surface area (Å²) in [4.78, 5) is 30.4. The number of fused-ring (bicyclic) bond motifs is 1. The fraction of sp³-hybridized carbons (Fsp3) is 0.652. The van der Waals surface area contributed by atoms with Gasteiger partial charge in [-0.3, -0.25) is 14.5 Å². The van der Waals surface area contributed by atoms with Crippen LogP contribution in [0, 0.1) is 5.92 Å². The van der Waals surface area contributed by atoms with E-state index in [-0.39, 0.29) is 17.9 Å². The normalized spacial score (nSPS) is 27.7. The smallest absolute Gasteiger partial charge is 0.255 e. The standard InChI is InChI=1S/C23H33N3O3/c1-17-7-9-18(10-8-17)24-22(27)21-19-5-2-3-6-20(19)23(28)26(21)12-4-11-25-13-15-29-16-14-25/h2-3,5-6,17-18,21H,4,7-16H2,1H3,(H,24,27)/t17?,18?,21-/m0/s1. The van der Waals surface area contributed by atoms with E-state index < -0.39 is 6.04 Å². The molecule has 0 bridgehead atoms. The molecule has 0 aromatic heterocycles. The van der Waals surface area contributed by atoms with Gasteiger partial charge in [-0.25, -0.2) is 0 Å². The van der Waals surface area contributed by atoms with Gasteiger partial charge < -0.3 is 15.0 Å². The molecular weight excluding hydrogens is 366 g/mol. The highest BCUT2D eigenvalue weighted by Gasteiger charge is 2.41. The Balaban J connectivity index is 1.42. The molecule has 4 rings (SSSR count). The second kappa shape index (κ2) is 9.26. The van der Waals surface area contributed by atoms with Gasteiger partial charge in [-0.15, -0.1) is 0 Å². The molecule has 6 heteroatoms. The lowest BCUT2D eigenvalue weighted by molar-refractivity contribution is -0.126. The molecule has 2 heterocycles. The van der Waals surface area contributed by atoms with Crippen LogP contribution in [0.5, 0.6) is 0 Å². The molecule has 1 saturated heterocycles. The Morgan fingerprint density at radius 2 is 1.83 bits per heavy atom. The van der Waals surface area contributed by atoms with E-state index in [0.717, 1.165) is 76.4 Å². The number of amides is 2. The topological polar surface area (TPSA) is 61.9 Å². The maximum Gasteiger partial charge on any atom is 0.255 e. The van der Waals surface area contributed by atoms with Gasteiger partial charge >= 0.3 is 0 Å². The highest BCUT2D eigenvalue weighted by Crippen LogP contribution is 2.34. The van der Waals surface area contributed by atoms with Crippen LogP contribution in [0.25, 0.3) is 0 Å². The van der Waals surface area contributed by atoms with Crippen molar-refractivity contribution in [2.75, 3.05) is 39.4 Å². The van der Waals surface area contributed by atoms with Gasteiger partial charge in [0.15, 0.2) is 0 Å². The summed E-state index contributed by atoms with van der Waals surface area (Å²) in [5.41, 5.74) is 1.53. The van der Waals surface area contributed by atoms with Gasteiger partial charge in [0.05, 0.1) is 13.2 Å². The summed E-state index contributed by atoms with van der Waals surface area (Å²) in [7, 11) is 0. The summed E-state index contributed by atoms with van der Waals surface area (Å²) in [6.45, 7) is 7.25. The highest BCUT2D eigenvalue weighted by atomic mass is 16.5. The van der Waals surface area contributed by atoms with Gasteiger partial charge in [0, 0.05) is 37.8 Å². The zero-order valence-corrected chi connectivity index (χ0v) is 17.4. The van der Waals surface area contributed by atoms with Gasteiger partial charge in [-0.05, 0) is 49.7 Å². The minimum atomic E-state index is -0.497. The minimum absolute atomic E-state index is 0.0139. The van der Waals surface area contributed by atoms with Crippen molar-refractivity contribution in [3.05, 3.63) is 35.4 Å². The minimum Gasteiger partial charge on any atom is -0.379 e. The van der Waals surface area contributed by atoms with Gasteiger partial charge in [0.25, 0.3) is 5.91 Å². The van der Waals surface area contributed by atoms with E-state index in [1.54, 1.807) is 4.90 Å². The van der Waals surface area contributed by atoms with Crippen molar-refractivity contribution in [3.63, 3.8) is 0 Å². The van der Waals surface area contributed by atoms with Crippen LogP contribution in [-0.4, -0.2) is 67.0 Å². The van der Waals surface area contributed by atoms with Crippen molar-refractivity contribution in [1.82, 2.24) is 15.1 Å². The molecule has 0 unspecified atom stereocenters. The van der Waals surface area contributed by atoms with Crippen LogP contribution in [0.1, 0.15) is 61.0 Å². The van der Waals surface area contributed by atoms with E-state index in [1.807, 2.05) is 24.3 Å². The van der Waals surface area contributed by atoms with E-state index in [4.69, 9.17) is 4.74 Å². The number of morpholine rings is 1. The quantitative estimate of drug-likeness (QED) is 0.799. The summed E-state index contributed by atoms with van der Waals surface area (Å²) in [6.07, 6.45) is 5.26. The third-order valence-electron chi connectivity index (χ3n) is 6.65. The zero-order valence-electron chi connectivity index (χ0n) is 17.4. The summed E-state index contributed by atoms with van der Waals surface area (Å²) >= 11 is 0. The molecule has 6 nitrogen and oxygen atoms in total. The lowest BCUT2D eigenvalue weighted by Gasteiger charge is -2.31. The monoisotopic (exact) mass is 399 g/mol. The second-order valence-electron chi connectivity index (χ2n) is 8.76. The average molecular weight is 400 g/mol. The van der Waals surface area contributed by atoms with E-state index in [2.05, 4.69) is 17.1 Å². The molecule has 2 amide bonds. The third kappa shape index (κ3) is 4.64. The second-order valence-corrected chi connectivity index (χ2v) is 8.76. The summed E-state index contributed by atoms with van der Waals surface area (Å²) in [6, 6.07) is 7.32. The Labute approximate surface area is 173 Å². The van der Waals surface area contributed by atoms with Crippen LogP contribution in [-0.2, 0) is 9.53 Å². The molecule has 1 saturated carbocycles. The van der Waals surface area contributed by atoms with Crippen LogP contribution in [0.15, 0.2) is 24.3 Å². The lowest BCUT2D eigenvalue weighted by atomic mass is 9.87. The molecular formula is C23H33N3O3. The van der Waals surface area contributed by atoms with Crippen LogP contribution in [0.2, 0.25) is 0 Å². The van der Waals surface area contributed by atoms with Gasteiger partial charge in [-0.1, -0.05) is 25.1 Å². The first-order chi connectivity index (χ1) is 14.1. The first-order valence-corrected chi connectivity index (χ1v) is 11.1. The Morgan fingerprint density at radius 3 is 2.59 bits per heavy atom. The molecule has 3 aliphatic rings. The molecule has 1 N–H and O–H groups in total. The number of hydrogen-bond acceptors (Lipinski definition) is 4. The maximum absolute atomic E-state index is 13.2. The largest absolute Gasteiger partial charge is 0.379 e. The van der Waals surface area contributed by atoms with Crippen molar-refractivity contribution < 1.29 is 14.3 Å². The summed E-state index contributed by atoms with van der Waals surface area (Å²) in [5.74, 6) is 0.711. The predicted molar refractivity (Wildman–Crippen MR) is 112 cm³/mol. The molecule has 1 aromatic carbocycles. The van der Waals surface area contributed by atoms with Crippen LogP contribution in [0.4, 0.5) is 0 Å². The Hall–Kier alpha value is -1.92. The molecule has 158 valence electrons. The number of carbonyl (C=O) groups is 2. The molecule has 1 aliphatic carbocycles. The molecule has 2 fully saturated rings. The SMILES string of the molecule is CC1CCC(NC(=O)[C@@H]2c3ccccc3C(=O)N2CCCN2CCOCC2)CC1. The first kappa shape index (κ1) is 20.4. The molecule has 0 radical (unpaired) electrons. The number of benzene rings is 1. The number of rotatable bonds is 6. The molecule has 1 aromatic rings. The Morgan fingerprint density at radius 1 is 1.10 bits per heavy atom. The number of hydrogen-bond donors (Lipinski definition) is 1. The Kier molecular flexibility index (Phi) is 6.50. The zero-order chi connectivity index (χ0) is 20.2. The van der Waals surface area contributed by atoms with Crippen LogP contribution in [0.3, 0.4) is 0 Å².